The Morgan fingerprint density at radius 2 is 1.89 bits per heavy atom. The summed E-state index contributed by atoms with van der Waals surface area (Å²) in [7, 11) is 0. The van der Waals surface area contributed by atoms with E-state index in [2.05, 4.69) is 22.0 Å². The van der Waals surface area contributed by atoms with Gasteiger partial charge in [-0.3, -0.25) is 4.90 Å². The number of carbonyl (C=O) groups is 1. The van der Waals surface area contributed by atoms with Crippen LogP contribution in [0.2, 0.25) is 0 Å². The van der Waals surface area contributed by atoms with Crippen LogP contribution < -0.4 is 15.5 Å². The number of nitrogens with two attached hydrogens (primary N) is 1. The van der Waals surface area contributed by atoms with Gasteiger partial charge >= 0.3 is 6.09 Å². The molecular formula is C22H28N4O2. The Bertz CT molecular complexity index is 882. The van der Waals surface area contributed by atoms with Gasteiger partial charge in [0, 0.05) is 43.0 Å². The zero-order valence-corrected chi connectivity index (χ0v) is 16.8. The first-order valence-corrected chi connectivity index (χ1v) is 9.84. The van der Waals surface area contributed by atoms with Crippen molar-refractivity contribution in [1.82, 2.24) is 4.98 Å². The second kappa shape index (κ2) is 6.69. The van der Waals surface area contributed by atoms with Crippen molar-refractivity contribution in [2.24, 2.45) is 0 Å². The topological polar surface area (TPSA) is 71.7 Å². The van der Waals surface area contributed by atoms with Crippen molar-refractivity contribution >= 4 is 23.3 Å². The average Bonchev–Trinajstić information content (AvgIpc) is 2.96. The summed E-state index contributed by atoms with van der Waals surface area (Å²) >= 11 is 0. The molecule has 1 saturated heterocycles. The van der Waals surface area contributed by atoms with Crippen LogP contribution in [0.4, 0.5) is 22.0 Å². The number of nitrogens with zero attached hydrogens (tertiary/aromatic N) is 3. The summed E-state index contributed by atoms with van der Waals surface area (Å²) in [4.78, 5) is 21.4. The van der Waals surface area contributed by atoms with Crippen LogP contribution in [0.15, 0.2) is 42.6 Å². The van der Waals surface area contributed by atoms with Crippen molar-refractivity contribution in [3.8, 4) is 0 Å². The van der Waals surface area contributed by atoms with Gasteiger partial charge in [0.25, 0.3) is 0 Å². The van der Waals surface area contributed by atoms with Gasteiger partial charge in [-0.25, -0.2) is 9.78 Å². The maximum Gasteiger partial charge on any atom is 0.414 e. The minimum absolute atomic E-state index is 0.0374. The molecule has 0 atom stereocenters. The summed E-state index contributed by atoms with van der Waals surface area (Å²) in [6, 6.07) is 12.0. The van der Waals surface area contributed by atoms with Crippen molar-refractivity contribution in [3.63, 3.8) is 0 Å². The number of hydrogen-bond acceptors (Lipinski definition) is 5. The lowest BCUT2D eigenvalue weighted by Gasteiger charge is -2.40. The van der Waals surface area contributed by atoms with Crippen LogP contribution in [0, 0.1) is 0 Å². The summed E-state index contributed by atoms with van der Waals surface area (Å²) in [5.41, 5.74) is 8.33. The van der Waals surface area contributed by atoms with Gasteiger partial charge in [0.1, 0.15) is 11.4 Å². The summed E-state index contributed by atoms with van der Waals surface area (Å²) < 4.78 is 5.67. The fraction of sp³-hybridized carbons (Fsp3) is 0.455. The highest BCUT2D eigenvalue weighted by molar-refractivity contribution is 5.91. The standard InChI is InChI=1S/C22H28N4O2/c1-21(2,3)28-20(27)26-15-22(17-6-4-5-7-18(17)26)9-12-25(13-10-22)19-14-16(23)8-11-24-19/h4-8,11,14H,9-10,12-13,15H2,1-3H3,(H2,23,24). The summed E-state index contributed by atoms with van der Waals surface area (Å²) in [5, 5.41) is 0. The molecule has 1 fully saturated rings. The highest BCUT2D eigenvalue weighted by Crippen LogP contribution is 2.47. The molecule has 1 amide bonds. The largest absolute Gasteiger partial charge is 0.443 e. The van der Waals surface area contributed by atoms with Crippen molar-refractivity contribution in [1.29, 1.82) is 0 Å². The van der Waals surface area contributed by atoms with E-state index in [0.717, 1.165) is 43.1 Å². The van der Waals surface area contributed by atoms with Crippen molar-refractivity contribution < 1.29 is 9.53 Å². The second-order valence-corrected chi connectivity index (χ2v) is 8.80. The second-order valence-electron chi connectivity index (χ2n) is 8.80. The van der Waals surface area contributed by atoms with Gasteiger partial charge in [0.2, 0.25) is 0 Å². The van der Waals surface area contributed by atoms with E-state index in [1.165, 1.54) is 5.56 Å². The number of piperidine rings is 1. The lowest BCUT2D eigenvalue weighted by molar-refractivity contribution is 0.0576. The molecule has 1 spiro atoms. The monoisotopic (exact) mass is 380 g/mol. The molecule has 0 bridgehead atoms. The quantitative estimate of drug-likeness (QED) is 0.811. The molecule has 0 radical (unpaired) electrons. The van der Waals surface area contributed by atoms with Gasteiger partial charge < -0.3 is 15.4 Å². The molecule has 6 heteroatoms. The van der Waals surface area contributed by atoms with E-state index < -0.39 is 5.60 Å². The van der Waals surface area contributed by atoms with E-state index in [4.69, 9.17) is 10.5 Å². The third-order valence-corrected chi connectivity index (χ3v) is 5.65. The molecule has 2 aliphatic heterocycles. The van der Waals surface area contributed by atoms with Crippen LogP contribution in [0.3, 0.4) is 0 Å². The first kappa shape index (κ1) is 18.6. The van der Waals surface area contributed by atoms with Gasteiger partial charge in [0.15, 0.2) is 0 Å². The average molecular weight is 380 g/mol. The third kappa shape index (κ3) is 3.39. The number of pyridine rings is 1. The van der Waals surface area contributed by atoms with E-state index in [-0.39, 0.29) is 11.5 Å². The summed E-state index contributed by atoms with van der Waals surface area (Å²) in [5.74, 6) is 0.921. The van der Waals surface area contributed by atoms with Gasteiger partial charge in [-0.05, 0) is 51.3 Å². The highest BCUT2D eigenvalue weighted by atomic mass is 16.6. The maximum absolute atomic E-state index is 12.8. The van der Waals surface area contributed by atoms with Gasteiger partial charge in [0.05, 0.1) is 5.69 Å². The molecule has 0 aliphatic carbocycles. The van der Waals surface area contributed by atoms with Gasteiger partial charge in [-0.1, -0.05) is 18.2 Å². The van der Waals surface area contributed by atoms with Crippen molar-refractivity contribution in [2.45, 2.75) is 44.6 Å². The number of carbonyl (C=O) groups excluding carboxylic acids is 1. The van der Waals surface area contributed by atoms with Crippen molar-refractivity contribution in [3.05, 3.63) is 48.2 Å². The summed E-state index contributed by atoms with van der Waals surface area (Å²) in [6.45, 7) is 8.14. The molecule has 1 aromatic heterocycles. The number of amides is 1. The van der Waals surface area contributed by atoms with E-state index in [1.54, 1.807) is 12.3 Å². The molecular weight excluding hydrogens is 352 g/mol. The zero-order valence-electron chi connectivity index (χ0n) is 16.8. The lowest BCUT2D eigenvalue weighted by Crippen LogP contribution is -2.47. The Balaban J connectivity index is 1.57. The molecule has 2 aromatic rings. The van der Waals surface area contributed by atoms with Crippen LogP contribution in [0.5, 0.6) is 0 Å². The Morgan fingerprint density at radius 3 is 2.57 bits per heavy atom. The molecule has 0 saturated carbocycles. The van der Waals surface area contributed by atoms with Crippen LogP contribution in [0.25, 0.3) is 0 Å². The van der Waals surface area contributed by atoms with E-state index in [9.17, 15) is 4.79 Å². The number of nitrogen functional groups attached to an aromatic ring is 1. The van der Waals surface area contributed by atoms with Crippen LogP contribution >= 0.6 is 0 Å². The first-order chi connectivity index (χ1) is 13.3. The molecule has 4 rings (SSSR count). The highest BCUT2D eigenvalue weighted by Gasteiger charge is 2.47. The predicted octanol–water partition coefficient (Wildman–Crippen LogP) is 3.96. The fourth-order valence-electron chi connectivity index (χ4n) is 4.31. The molecule has 2 aliphatic rings. The maximum atomic E-state index is 12.8. The number of ether oxygens (including phenoxy) is 1. The Morgan fingerprint density at radius 1 is 1.18 bits per heavy atom. The first-order valence-electron chi connectivity index (χ1n) is 9.84. The Hall–Kier alpha value is -2.76. The van der Waals surface area contributed by atoms with E-state index in [0.29, 0.717) is 6.54 Å². The Kier molecular flexibility index (Phi) is 4.44. The number of benzene rings is 1. The van der Waals surface area contributed by atoms with Gasteiger partial charge in [-0.15, -0.1) is 0 Å². The zero-order chi connectivity index (χ0) is 19.9. The molecule has 6 nitrogen and oxygen atoms in total. The molecule has 28 heavy (non-hydrogen) atoms. The number of hydrogen-bond donors (Lipinski definition) is 1. The predicted molar refractivity (Wildman–Crippen MR) is 112 cm³/mol. The number of anilines is 3. The van der Waals surface area contributed by atoms with Crippen LogP contribution in [0.1, 0.15) is 39.2 Å². The minimum atomic E-state index is -0.510. The fourth-order valence-corrected chi connectivity index (χ4v) is 4.31. The van der Waals surface area contributed by atoms with E-state index >= 15 is 0 Å². The smallest absolute Gasteiger partial charge is 0.414 e. The molecule has 1 aromatic carbocycles. The SMILES string of the molecule is CC(C)(C)OC(=O)N1CC2(CCN(c3cc(N)ccn3)CC2)c2ccccc21. The van der Waals surface area contributed by atoms with Crippen LogP contribution in [-0.4, -0.2) is 36.3 Å². The number of aromatic nitrogens is 1. The Labute approximate surface area is 166 Å². The molecule has 148 valence electrons. The third-order valence-electron chi connectivity index (χ3n) is 5.65. The molecule has 2 N–H and O–H groups in total. The lowest BCUT2D eigenvalue weighted by atomic mass is 9.74. The van der Waals surface area contributed by atoms with Gasteiger partial charge in [-0.2, -0.15) is 0 Å². The molecule has 0 unspecified atom stereocenters. The summed E-state index contributed by atoms with van der Waals surface area (Å²) in [6.07, 6.45) is 3.40. The van der Waals surface area contributed by atoms with Crippen molar-refractivity contribution in [2.75, 3.05) is 35.2 Å². The minimum Gasteiger partial charge on any atom is -0.443 e. The normalized spacial score (nSPS) is 18.2. The number of para-hydroxylation sites is 1. The van der Waals surface area contributed by atoms with E-state index in [1.807, 2.05) is 43.9 Å². The van der Waals surface area contributed by atoms with Crippen LogP contribution in [-0.2, 0) is 10.2 Å². The molecule has 3 heterocycles. The number of rotatable bonds is 1. The number of fused-ring (bicyclic) bond motifs is 2.